The highest BCUT2D eigenvalue weighted by molar-refractivity contribution is 5.74. The Balaban J connectivity index is 3.56. The molecule has 0 rings (SSSR count). The SMILES string of the molecule is COC(=O)CCCCCC(OC)C(=O)OC. The first-order chi connectivity index (χ1) is 7.65. The zero-order chi connectivity index (χ0) is 12.4. The molecule has 0 aliphatic heterocycles. The van der Waals surface area contributed by atoms with Crippen LogP contribution >= 0.6 is 0 Å². The van der Waals surface area contributed by atoms with Crippen LogP contribution in [0.5, 0.6) is 0 Å². The van der Waals surface area contributed by atoms with Gasteiger partial charge in [-0.05, 0) is 12.8 Å². The summed E-state index contributed by atoms with van der Waals surface area (Å²) in [5, 5.41) is 0. The summed E-state index contributed by atoms with van der Waals surface area (Å²) in [7, 11) is 4.20. The maximum Gasteiger partial charge on any atom is 0.334 e. The third kappa shape index (κ3) is 6.40. The molecular formula is C11H20O5. The second-order valence-electron chi connectivity index (χ2n) is 3.42. The Morgan fingerprint density at radius 1 is 1.00 bits per heavy atom. The topological polar surface area (TPSA) is 61.8 Å². The van der Waals surface area contributed by atoms with Crippen LogP contribution in [0.4, 0.5) is 0 Å². The Morgan fingerprint density at radius 2 is 1.69 bits per heavy atom. The van der Waals surface area contributed by atoms with E-state index in [-0.39, 0.29) is 11.9 Å². The van der Waals surface area contributed by atoms with Crippen LogP contribution in [0.25, 0.3) is 0 Å². The Labute approximate surface area is 96.1 Å². The van der Waals surface area contributed by atoms with Gasteiger partial charge in [0.1, 0.15) is 0 Å². The molecule has 0 saturated heterocycles. The van der Waals surface area contributed by atoms with Crippen molar-refractivity contribution in [3.63, 3.8) is 0 Å². The number of methoxy groups -OCH3 is 3. The van der Waals surface area contributed by atoms with Crippen LogP contribution in [0.2, 0.25) is 0 Å². The van der Waals surface area contributed by atoms with Gasteiger partial charge in [-0.25, -0.2) is 4.79 Å². The third-order valence-electron chi connectivity index (χ3n) is 2.32. The highest BCUT2D eigenvalue weighted by Crippen LogP contribution is 2.09. The van der Waals surface area contributed by atoms with Crippen LogP contribution in [0.15, 0.2) is 0 Å². The molecule has 0 aromatic rings. The second kappa shape index (κ2) is 9.15. The molecule has 0 fully saturated rings. The van der Waals surface area contributed by atoms with Crippen LogP contribution in [0.1, 0.15) is 32.1 Å². The Bertz CT molecular complexity index is 214. The molecule has 0 N–H and O–H groups in total. The van der Waals surface area contributed by atoms with Crippen molar-refractivity contribution in [1.29, 1.82) is 0 Å². The molecule has 5 nitrogen and oxygen atoms in total. The van der Waals surface area contributed by atoms with E-state index in [1.165, 1.54) is 21.3 Å². The van der Waals surface area contributed by atoms with Gasteiger partial charge >= 0.3 is 11.9 Å². The summed E-state index contributed by atoms with van der Waals surface area (Å²) < 4.78 is 14.1. The Hall–Kier alpha value is -1.10. The standard InChI is InChI=1S/C11H20O5/c1-14-9(11(13)16-3)7-5-4-6-8-10(12)15-2/h9H,4-8H2,1-3H3. The first-order valence-corrected chi connectivity index (χ1v) is 5.33. The largest absolute Gasteiger partial charge is 0.469 e. The summed E-state index contributed by atoms with van der Waals surface area (Å²) >= 11 is 0. The zero-order valence-electron chi connectivity index (χ0n) is 10.2. The molecule has 16 heavy (non-hydrogen) atoms. The Morgan fingerprint density at radius 3 is 2.19 bits per heavy atom. The molecule has 0 spiro atoms. The lowest BCUT2D eigenvalue weighted by Crippen LogP contribution is -2.24. The van der Waals surface area contributed by atoms with E-state index in [4.69, 9.17) is 4.74 Å². The fourth-order valence-electron chi connectivity index (χ4n) is 1.34. The van der Waals surface area contributed by atoms with Crippen LogP contribution in [-0.2, 0) is 23.8 Å². The van der Waals surface area contributed by atoms with Crippen molar-refractivity contribution in [2.45, 2.75) is 38.2 Å². The molecule has 1 unspecified atom stereocenters. The van der Waals surface area contributed by atoms with Gasteiger partial charge in [-0.1, -0.05) is 12.8 Å². The molecule has 0 radical (unpaired) electrons. The molecule has 0 aliphatic rings. The molecule has 0 aliphatic carbocycles. The molecular weight excluding hydrogens is 212 g/mol. The first kappa shape index (κ1) is 14.9. The maximum absolute atomic E-state index is 11.1. The van der Waals surface area contributed by atoms with Crippen molar-refractivity contribution < 1.29 is 23.8 Å². The highest BCUT2D eigenvalue weighted by Gasteiger charge is 2.17. The maximum atomic E-state index is 11.1. The summed E-state index contributed by atoms with van der Waals surface area (Å²) in [6, 6.07) is 0. The molecule has 0 amide bonds. The number of hydrogen-bond donors (Lipinski definition) is 0. The van der Waals surface area contributed by atoms with Gasteiger partial charge in [-0.15, -0.1) is 0 Å². The molecule has 1 atom stereocenters. The van der Waals surface area contributed by atoms with E-state index >= 15 is 0 Å². The van der Waals surface area contributed by atoms with Crippen molar-refractivity contribution >= 4 is 11.9 Å². The Kier molecular flexibility index (Phi) is 8.52. The summed E-state index contributed by atoms with van der Waals surface area (Å²) in [5.41, 5.74) is 0. The fraction of sp³-hybridized carbons (Fsp3) is 0.818. The van der Waals surface area contributed by atoms with E-state index in [9.17, 15) is 9.59 Å². The number of carbonyl (C=O) groups excluding carboxylic acids is 2. The normalized spacial score (nSPS) is 11.9. The summed E-state index contributed by atoms with van der Waals surface area (Å²) in [6.07, 6.45) is 3.00. The summed E-state index contributed by atoms with van der Waals surface area (Å²) in [4.78, 5) is 21.9. The van der Waals surface area contributed by atoms with Gasteiger partial charge in [0.2, 0.25) is 0 Å². The molecule has 5 heteroatoms. The van der Waals surface area contributed by atoms with Crippen LogP contribution in [0, 0.1) is 0 Å². The minimum Gasteiger partial charge on any atom is -0.469 e. The van der Waals surface area contributed by atoms with E-state index < -0.39 is 6.10 Å². The van der Waals surface area contributed by atoms with Crippen molar-refractivity contribution in [3.05, 3.63) is 0 Å². The van der Waals surface area contributed by atoms with E-state index in [0.29, 0.717) is 12.8 Å². The van der Waals surface area contributed by atoms with Crippen molar-refractivity contribution in [2.75, 3.05) is 21.3 Å². The average molecular weight is 232 g/mol. The summed E-state index contributed by atoms with van der Waals surface area (Å²) in [5.74, 6) is -0.549. The average Bonchev–Trinajstić information content (AvgIpc) is 2.32. The minimum atomic E-state index is -0.497. The van der Waals surface area contributed by atoms with Gasteiger partial charge in [0, 0.05) is 13.5 Å². The lowest BCUT2D eigenvalue weighted by atomic mass is 10.1. The van der Waals surface area contributed by atoms with Crippen molar-refractivity contribution in [1.82, 2.24) is 0 Å². The van der Waals surface area contributed by atoms with E-state index in [2.05, 4.69) is 9.47 Å². The minimum absolute atomic E-state index is 0.198. The third-order valence-corrected chi connectivity index (χ3v) is 2.32. The smallest absolute Gasteiger partial charge is 0.334 e. The molecule has 0 bridgehead atoms. The number of hydrogen-bond acceptors (Lipinski definition) is 5. The predicted molar refractivity (Wildman–Crippen MR) is 57.9 cm³/mol. The van der Waals surface area contributed by atoms with Gasteiger partial charge < -0.3 is 14.2 Å². The van der Waals surface area contributed by atoms with Gasteiger partial charge in [0.25, 0.3) is 0 Å². The lowest BCUT2D eigenvalue weighted by Gasteiger charge is -2.12. The summed E-state index contributed by atoms with van der Waals surface area (Å²) in [6.45, 7) is 0. The van der Waals surface area contributed by atoms with Gasteiger partial charge in [0.05, 0.1) is 14.2 Å². The first-order valence-electron chi connectivity index (χ1n) is 5.33. The van der Waals surface area contributed by atoms with Crippen molar-refractivity contribution in [2.24, 2.45) is 0 Å². The number of rotatable bonds is 8. The number of carbonyl (C=O) groups is 2. The van der Waals surface area contributed by atoms with Gasteiger partial charge in [-0.3, -0.25) is 4.79 Å². The van der Waals surface area contributed by atoms with Gasteiger partial charge in [-0.2, -0.15) is 0 Å². The molecule has 0 saturated carbocycles. The zero-order valence-corrected chi connectivity index (χ0v) is 10.2. The number of esters is 2. The quantitative estimate of drug-likeness (QED) is 0.466. The van der Waals surface area contributed by atoms with Crippen LogP contribution in [-0.4, -0.2) is 39.4 Å². The molecule has 0 aromatic heterocycles. The molecule has 94 valence electrons. The van der Waals surface area contributed by atoms with Crippen LogP contribution in [0.3, 0.4) is 0 Å². The number of unbranched alkanes of at least 4 members (excludes halogenated alkanes) is 2. The molecule has 0 aromatic carbocycles. The number of ether oxygens (including phenoxy) is 3. The fourth-order valence-corrected chi connectivity index (χ4v) is 1.34. The lowest BCUT2D eigenvalue weighted by molar-refractivity contribution is -0.152. The van der Waals surface area contributed by atoms with E-state index in [0.717, 1.165) is 19.3 Å². The van der Waals surface area contributed by atoms with Gasteiger partial charge in [0.15, 0.2) is 6.10 Å². The van der Waals surface area contributed by atoms with E-state index in [1.807, 2.05) is 0 Å². The van der Waals surface area contributed by atoms with Crippen molar-refractivity contribution in [3.8, 4) is 0 Å². The molecule has 0 heterocycles. The van der Waals surface area contributed by atoms with E-state index in [1.54, 1.807) is 0 Å². The predicted octanol–water partition coefficient (Wildman–Crippen LogP) is 1.30. The van der Waals surface area contributed by atoms with Crippen LogP contribution < -0.4 is 0 Å². The second-order valence-corrected chi connectivity index (χ2v) is 3.42. The monoisotopic (exact) mass is 232 g/mol. The highest BCUT2D eigenvalue weighted by atomic mass is 16.6.